The number of carbonyl (C=O) groups excluding carboxylic acids is 1. The van der Waals surface area contributed by atoms with Gasteiger partial charge in [0, 0.05) is 32.8 Å². The first kappa shape index (κ1) is 17.0. The molecule has 0 bridgehead atoms. The average molecular weight is 315 g/mol. The number of hydrogen-bond donors (Lipinski definition) is 1. The molecule has 2 heterocycles. The zero-order valence-electron chi connectivity index (χ0n) is 14.7. The van der Waals surface area contributed by atoms with Crippen LogP contribution in [0.5, 0.6) is 0 Å². The number of anilines is 1. The highest BCUT2D eigenvalue weighted by Gasteiger charge is 2.18. The maximum atomic E-state index is 11.9. The number of nitrogens with zero attached hydrogens (tertiary/aromatic N) is 4. The van der Waals surface area contributed by atoms with Crippen LogP contribution in [-0.2, 0) is 12.0 Å². The molecule has 23 heavy (non-hydrogen) atoms. The average Bonchev–Trinajstić information content (AvgIpc) is 2.95. The third kappa shape index (κ3) is 4.09. The maximum absolute atomic E-state index is 11.9. The Morgan fingerprint density at radius 2 is 1.91 bits per heavy atom. The molecule has 0 aliphatic carbocycles. The number of aromatic amines is 1. The molecule has 0 saturated carbocycles. The molecule has 2 aromatic heterocycles. The van der Waals surface area contributed by atoms with Crippen molar-refractivity contribution in [3.05, 3.63) is 41.3 Å². The molecule has 1 amide bonds. The van der Waals surface area contributed by atoms with Crippen molar-refractivity contribution < 1.29 is 4.79 Å². The molecule has 0 fully saturated rings. The zero-order chi connectivity index (χ0) is 17.2. The predicted octanol–water partition coefficient (Wildman–Crippen LogP) is 2.44. The molecule has 0 unspecified atom stereocenters. The van der Waals surface area contributed by atoms with Crippen LogP contribution in [0, 0.1) is 0 Å². The number of nitrogens with one attached hydrogen (secondary N) is 1. The highest BCUT2D eigenvalue weighted by molar-refractivity contribution is 5.93. The van der Waals surface area contributed by atoms with Crippen LogP contribution in [-0.4, -0.2) is 47.1 Å². The highest BCUT2D eigenvalue weighted by atomic mass is 16.2. The van der Waals surface area contributed by atoms with Crippen molar-refractivity contribution in [2.24, 2.45) is 0 Å². The summed E-state index contributed by atoms with van der Waals surface area (Å²) in [6, 6.07) is 5.74. The van der Waals surface area contributed by atoms with Crippen molar-refractivity contribution in [1.82, 2.24) is 20.1 Å². The number of carbonyl (C=O) groups is 1. The minimum atomic E-state index is -0.0462. The molecular formula is C17H25N5O. The summed E-state index contributed by atoms with van der Waals surface area (Å²) in [5, 5.41) is 7.45. The van der Waals surface area contributed by atoms with Gasteiger partial charge in [-0.2, -0.15) is 5.10 Å². The number of H-pyrrole nitrogens is 1. The molecule has 0 atom stereocenters. The van der Waals surface area contributed by atoms with Crippen LogP contribution < -0.4 is 4.90 Å². The van der Waals surface area contributed by atoms with Crippen molar-refractivity contribution >= 4 is 11.7 Å². The molecule has 1 N–H and O–H groups in total. The van der Waals surface area contributed by atoms with Crippen LogP contribution in [0.15, 0.2) is 24.4 Å². The van der Waals surface area contributed by atoms with Gasteiger partial charge < -0.3 is 9.80 Å². The van der Waals surface area contributed by atoms with E-state index >= 15 is 0 Å². The first-order chi connectivity index (χ1) is 10.7. The number of aromatic nitrogens is 3. The topological polar surface area (TPSA) is 65.1 Å². The largest absolute Gasteiger partial charge is 0.354 e. The Bertz CT molecular complexity index is 667. The molecule has 2 rings (SSSR count). The highest BCUT2D eigenvalue weighted by Crippen LogP contribution is 2.21. The van der Waals surface area contributed by atoms with E-state index in [0.717, 1.165) is 17.2 Å². The van der Waals surface area contributed by atoms with E-state index in [9.17, 15) is 4.79 Å². The minimum Gasteiger partial charge on any atom is -0.354 e. The number of hydrogen-bond acceptors (Lipinski definition) is 4. The Hall–Kier alpha value is -2.37. The van der Waals surface area contributed by atoms with Gasteiger partial charge in [-0.15, -0.1) is 0 Å². The fraction of sp³-hybridized carbons (Fsp3) is 0.471. The van der Waals surface area contributed by atoms with Crippen LogP contribution in [0.1, 0.15) is 42.5 Å². The van der Waals surface area contributed by atoms with Crippen molar-refractivity contribution in [2.75, 3.05) is 26.0 Å². The van der Waals surface area contributed by atoms with E-state index < -0.39 is 0 Å². The van der Waals surface area contributed by atoms with Gasteiger partial charge in [0.15, 0.2) is 0 Å². The molecule has 2 aromatic rings. The molecular weight excluding hydrogens is 290 g/mol. The monoisotopic (exact) mass is 315 g/mol. The Balaban J connectivity index is 2.07. The zero-order valence-corrected chi connectivity index (χ0v) is 14.7. The first-order valence-corrected chi connectivity index (χ1v) is 7.62. The third-order valence-electron chi connectivity index (χ3n) is 3.60. The van der Waals surface area contributed by atoms with E-state index in [4.69, 9.17) is 0 Å². The molecule has 124 valence electrons. The minimum absolute atomic E-state index is 0.0275. The SMILES string of the molecule is CN(C)C(=O)c1ccc(N(C)Cc2cc(C(C)(C)C)n[nH]2)nc1. The van der Waals surface area contributed by atoms with E-state index in [1.54, 1.807) is 31.3 Å². The second-order valence-corrected chi connectivity index (χ2v) is 6.99. The quantitative estimate of drug-likeness (QED) is 0.941. The molecule has 6 nitrogen and oxygen atoms in total. The summed E-state index contributed by atoms with van der Waals surface area (Å²) in [5.41, 5.74) is 2.69. The van der Waals surface area contributed by atoms with Gasteiger partial charge in [0.05, 0.1) is 23.5 Å². The summed E-state index contributed by atoms with van der Waals surface area (Å²) in [5.74, 6) is 0.766. The summed E-state index contributed by atoms with van der Waals surface area (Å²) < 4.78 is 0. The van der Waals surface area contributed by atoms with Crippen LogP contribution in [0.25, 0.3) is 0 Å². The summed E-state index contributed by atoms with van der Waals surface area (Å²) in [7, 11) is 5.42. The van der Waals surface area contributed by atoms with E-state index in [1.807, 2.05) is 18.0 Å². The lowest BCUT2D eigenvalue weighted by Gasteiger charge is -2.18. The molecule has 0 saturated heterocycles. The number of pyridine rings is 1. The van der Waals surface area contributed by atoms with E-state index in [0.29, 0.717) is 12.1 Å². The number of rotatable bonds is 4. The summed E-state index contributed by atoms with van der Waals surface area (Å²) in [4.78, 5) is 19.8. The van der Waals surface area contributed by atoms with Gasteiger partial charge in [-0.1, -0.05) is 20.8 Å². The van der Waals surface area contributed by atoms with Crippen molar-refractivity contribution in [3.8, 4) is 0 Å². The van der Waals surface area contributed by atoms with E-state index in [1.165, 1.54) is 0 Å². The smallest absolute Gasteiger partial charge is 0.254 e. The molecule has 0 spiro atoms. The van der Waals surface area contributed by atoms with Gasteiger partial charge in [0.2, 0.25) is 0 Å². The van der Waals surface area contributed by atoms with Crippen LogP contribution >= 0.6 is 0 Å². The second-order valence-electron chi connectivity index (χ2n) is 6.99. The van der Waals surface area contributed by atoms with Crippen LogP contribution in [0.2, 0.25) is 0 Å². The lowest BCUT2D eigenvalue weighted by Crippen LogP contribution is -2.22. The van der Waals surface area contributed by atoms with Crippen molar-refractivity contribution in [3.63, 3.8) is 0 Å². The Labute approximate surface area is 137 Å². The predicted molar refractivity (Wildman–Crippen MR) is 91.6 cm³/mol. The van der Waals surface area contributed by atoms with E-state index in [2.05, 4.69) is 42.0 Å². The standard InChI is InChI=1S/C17H25N5O/c1-17(2,3)14-9-13(19-20-14)11-22(6)15-8-7-12(10-18-15)16(23)21(4)5/h7-10H,11H2,1-6H3,(H,19,20). The number of amides is 1. The van der Waals surface area contributed by atoms with Crippen LogP contribution in [0.3, 0.4) is 0 Å². The van der Waals surface area contributed by atoms with Crippen LogP contribution in [0.4, 0.5) is 5.82 Å². The maximum Gasteiger partial charge on any atom is 0.254 e. The van der Waals surface area contributed by atoms with Gasteiger partial charge in [-0.3, -0.25) is 9.89 Å². The van der Waals surface area contributed by atoms with Gasteiger partial charge in [-0.25, -0.2) is 4.98 Å². The Morgan fingerprint density at radius 3 is 2.39 bits per heavy atom. The molecule has 0 aliphatic heterocycles. The lowest BCUT2D eigenvalue weighted by molar-refractivity contribution is 0.0827. The van der Waals surface area contributed by atoms with Crippen molar-refractivity contribution in [1.29, 1.82) is 0 Å². The van der Waals surface area contributed by atoms with Gasteiger partial charge in [0.1, 0.15) is 5.82 Å². The van der Waals surface area contributed by atoms with Crippen molar-refractivity contribution in [2.45, 2.75) is 32.7 Å². The Morgan fingerprint density at radius 1 is 1.22 bits per heavy atom. The molecule has 0 aliphatic rings. The van der Waals surface area contributed by atoms with Gasteiger partial charge in [0.25, 0.3) is 5.91 Å². The fourth-order valence-electron chi connectivity index (χ4n) is 2.16. The summed E-state index contributed by atoms with van der Waals surface area (Å²) >= 11 is 0. The molecule has 0 aromatic carbocycles. The lowest BCUT2D eigenvalue weighted by atomic mass is 9.92. The van der Waals surface area contributed by atoms with E-state index in [-0.39, 0.29) is 11.3 Å². The normalized spacial score (nSPS) is 11.4. The third-order valence-corrected chi connectivity index (χ3v) is 3.60. The second kappa shape index (κ2) is 6.40. The van der Waals surface area contributed by atoms with Gasteiger partial charge >= 0.3 is 0 Å². The summed E-state index contributed by atoms with van der Waals surface area (Å²) in [6.07, 6.45) is 1.61. The van der Waals surface area contributed by atoms with Gasteiger partial charge in [-0.05, 0) is 18.2 Å². The summed E-state index contributed by atoms with van der Waals surface area (Å²) in [6.45, 7) is 7.09. The Kier molecular flexibility index (Phi) is 4.73. The molecule has 6 heteroatoms. The first-order valence-electron chi connectivity index (χ1n) is 7.62. The fourth-order valence-corrected chi connectivity index (χ4v) is 2.16. The molecule has 0 radical (unpaired) electrons.